The molecule has 1 aliphatic heterocycles. The van der Waals surface area contributed by atoms with Crippen LogP contribution in [0.15, 0.2) is 0 Å². The molecule has 1 unspecified atom stereocenters. The predicted molar refractivity (Wildman–Crippen MR) is 103 cm³/mol. The van der Waals surface area contributed by atoms with Gasteiger partial charge in [-0.2, -0.15) is 0 Å². The van der Waals surface area contributed by atoms with Crippen molar-refractivity contribution in [2.45, 2.75) is 44.7 Å². The average molecular weight is 448 g/mol. The van der Waals surface area contributed by atoms with Gasteiger partial charge in [0.25, 0.3) is 0 Å². The van der Waals surface area contributed by atoms with Crippen molar-refractivity contribution in [1.29, 1.82) is 0 Å². The van der Waals surface area contributed by atoms with Crippen LogP contribution in [-0.2, 0) is 21.8 Å². The van der Waals surface area contributed by atoms with Gasteiger partial charge in [-0.25, -0.2) is 0 Å². The van der Waals surface area contributed by atoms with Gasteiger partial charge in [0.15, 0.2) is 0 Å². The summed E-state index contributed by atoms with van der Waals surface area (Å²) in [6, 6.07) is 0.507. The molecule has 0 aromatic carbocycles. The first kappa shape index (κ1) is 24.0. The fourth-order valence-corrected chi connectivity index (χ4v) is 5.29. The molecule has 4 heteroatoms. The van der Waals surface area contributed by atoms with Crippen LogP contribution in [0, 0.1) is 67.5 Å². The van der Waals surface area contributed by atoms with Gasteiger partial charge in [0.2, 0.25) is 0 Å². The third kappa shape index (κ3) is 8.24. The molecule has 0 bridgehead atoms. The monoisotopic (exact) mass is 449 g/mol. The summed E-state index contributed by atoms with van der Waals surface area (Å²) in [6.45, 7) is 7.82. The molecular weight excluding hydrogens is 417 g/mol. The molecule has 10 radical (unpaired) electrons. The smallest absolute Gasteiger partial charge is 0.0312 e. The van der Waals surface area contributed by atoms with E-state index in [2.05, 4.69) is 59.0 Å². The van der Waals surface area contributed by atoms with Gasteiger partial charge in [-0.3, -0.25) is 0 Å². The summed E-state index contributed by atoms with van der Waals surface area (Å²) in [6.07, 6.45) is 18.5. The largest absolute Gasteiger partial charge is 2.00 e. The minimum absolute atomic E-state index is 0. The van der Waals surface area contributed by atoms with Gasteiger partial charge in [0.05, 0.1) is 0 Å². The van der Waals surface area contributed by atoms with E-state index in [1.165, 1.54) is 17.7 Å². The van der Waals surface area contributed by atoms with Gasteiger partial charge in [-0.15, -0.1) is 0 Å². The van der Waals surface area contributed by atoms with Crippen LogP contribution in [0.4, 0.5) is 0 Å². The zero-order valence-electron chi connectivity index (χ0n) is 16.0. The number of hydrogen-bond acceptors (Lipinski definition) is 2. The Labute approximate surface area is 174 Å². The van der Waals surface area contributed by atoms with Crippen LogP contribution in [-0.4, -0.2) is 52.7 Å². The Balaban J connectivity index is 0.000000448. The zero-order valence-corrected chi connectivity index (χ0v) is 18.8. The summed E-state index contributed by atoms with van der Waals surface area (Å²) in [5.41, 5.74) is 0.381. The summed E-state index contributed by atoms with van der Waals surface area (Å²) in [4.78, 5) is 3.84. The summed E-state index contributed by atoms with van der Waals surface area (Å²) in [5, 5.41) is 1.22. The summed E-state index contributed by atoms with van der Waals surface area (Å²) < 4.78 is 5.92. The molecule has 2 nitrogen and oxygen atoms in total. The molecule has 3 rings (SSSR count). The standard InChI is InChI=1S/C16H26NOSe.C5H5.Fe/c1-12(17(4)5)14-7-6-8-15(14)19-10-13-9-16(2,3)11-18-13;1-2-4-5-3-1;/h6-8,12-13H,9-11H2,1-5H3;1-5H;/q;;+2/t12-,13?;;/m1../s1. The molecule has 2 saturated carbocycles. The summed E-state index contributed by atoms with van der Waals surface area (Å²) in [7, 11) is 4.30. The van der Waals surface area contributed by atoms with E-state index in [4.69, 9.17) is 4.74 Å². The molecule has 0 amide bonds. The van der Waals surface area contributed by atoms with E-state index in [1.54, 1.807) is 4.82 Å². The zero-order chi connectivity index (χ0) is 17.6. The fraction of sp³-hybridized carbons (Fsp3) is 0.524. The molecule has 0 N–H and O–H groups in total. The molecule has 1 heterocycles. The fourth-order valence-electron chi connectivity index (χ4n) is 2.86. The first-order valence-electron chi connectivity index (χ1n) is 8.72. The second-order valence-corrected chi connectivity index (χ2v) is 9.79. The van der Waals surface area contributed by atoms with Crippen molar-refractivity contribution in [1.82, 2.24) is 4.90 Å². The van der Waals surface area contributed by atoms with Crippen LogP contribution < -0.4 is 0 Å². The van der Waals surface area contributed by atoms with Crippen molar-refractivity contribution in [3.8, 4) is 0 Å². The Kier molecular flexibility index (Phi) is 11.3. The molecule has 0 spiro atoms. The van der Waals surface area contributed by atoms with Gasteiger partial charge in [-0.1, -0.05) is 0 Å². The molecule has 0 aromatic heterocycles. The van der Waals surface area contributed by atoms with Gasteiger partial charge in [0, 0.05) is 0 Å². The first-order chi connectivity index (χ1) is 11.4. The molecule has 0 aromatic rings. The SMILES string of the molecule is C[C@H]([C]1[CH][CH][CH][C]1[Se]CC1CC(C)(C)CO1)N(C)C.[CH]1[CH][CH][CH][CH]1.[Fe+2]. The predicted octanol–water partition coefficient (Wildman–Crippen LogP) is 3.63. The number of ether oxygens (including phenoxy) is 1. The Morgan fingerprint density at radius 3 is 2.20 bits per heavy atom. The maximum absolute atomic E-state index is 5.92. The molecular formula is C21H31FeNOSe+2. The molecule has 3 aliphatic rings. The molecule has 138 valence electrons. The van der Waals surface area contributed by atoms with Crippen LogP contribution in [0.2, 0.25) is 5.32 Å². The van der Waals surface area contributed by atoms with Gasteiger partial charge in [-0.05, 0) is 32.1 Å². The normalized spacial score (nSPS) is 27.8. The summed E-state index contributed by atoms with van der Waals surface area (Å²) in [5.74, 6) is 1.50. The quantitative estimate of drug-likeness (QED) is 0.596. The number of nitrogens with zero attached hydrogens (tertiary/aromatic N) is 1. The molecule has 2 aliphatic carbocycles. The third-order valence-electron chi connectivity index (χ3n) is 4.50. The molecule has 1 saturated heterocycles. The maximum Gasteiger partial charge on any atom is 2.00 e. The van der Waals surface area contributed by atoms with Gasteiger partial charge < -0.3 is 0 Å². The Bertz CT molecular complexity index is 352. The maximum atomic E-state index is 5.92. The van der Waals surface area contributed by atoms with Crippen molar-refractivity contribution >= 4 is 15.0 Å². The van der Waals surface area contributed by atoms with Crippen molar-refractivity contribution in [2.24, 2.45) is 5.41 Å². The second kappa shape index (κ2) is 11.7. The van der Waals surface area contributed by atoms with Crippen LogP contribution in [0.1, 0.15) is 27.2 Å². The second-order valence-electron chi connectivity index (χ2n) is 7.56. The third-order valence-corrected chi connectivity index (χ3v) is 7.07. The van der Waals surface area contributed by atoms with Crippen molar-refractivity contribution in [2.75, 3.05) is 20.7 Å². The molecule has 2 atom stereocenters. The van der Waals surface area contributed by atoms with E-state index in [9.17, 15) is 0 Å². The van der Waals surface area contributed by atoms with E-state index in [1.807, 2.05) is 32.1 Å². The number of hydrogen-bond donors (Lipinski definition) is 0. The minimum Gasteiger partial charge on any atom is -0.0312 e. The first-order valence-corrected chi connectivity index (χ1v) is 10.8. The van der Waals surface area contributed by atoms with E-state index in [0.29, 0.717) is 32.5 Å². The Morgan fingerprint density at radius 2 is 1.72 bits per heavy atom. The van der Waals surface area contributed by atoms with Crippen molar-refractivity contribution < 1.29 is 21.8 Å². The van der Waals surface area contributed by atoms with E-state index < -0.39 is 0 Å². The molecule has 25 heavy (non-hydrogen) atoms. The average Bonchev–Trinajstić information content (AvgIpc) is 3.27. The van der Waals surface area contributed by atoms with Gasteiger partial charge >= 0.3 is 142 Å². The Hall–Kier alpha value is 0.959. The minimum atomic E-state index is 0. The molecule has 3 fully saturated rings. The number of rotatable bonds is 5. The van der Waals surface area contributed by atoms with Crippen molar-refractivity contribution in [3.63, 3.8) is 0 Å². The Morgan fingerprint density at radius 1 is 1.12 bits per heavy atom. The topological polar surface area (TPSA) is 12.5 Å². The van der Waals surface area contributed by atoms with E-state index >= 15 is 0 Å². The van der Waals surface area contributed by atoms with Crippen molar-refractivity contribution in [3.05, 3.63) is 62.1 Å². The van der Waals surface area contributed by atoms with E-state index in [-0.39, 0.29) is 17.1 Å². The van der Waals surface area contributed by atoms with E-state index in [0.717, 1.165) is 6.61 Å². The van der Waals surface area contributed by atoms with Crippen LogP contribution in [0.25, 0.3) is 0 Å². The van der Waals surface area contributed by atoms with Crippen LogP contribution in [0.5, 0.6) is 0 Å². The van der Waals surface area contributed by atoms with Crippen LogP contribution in [0.3, 0.4) is 0 Å². The summed E-state index contributed by atoms with van der Waals surface area (Å²) >= 11 is 0.536. The van der Waals surface area contributed by atoms with Gasteiger partial charge in [0.1, 0.15) is 0 Å². The van der Waals surface area contributed by atoms with Crippen LogP contribution >= 0.6 is 0 Å².